The number of nitrogens with zero attached hydrogens (tertiary/aromatic N) is 2. The zero-order chi connectivity index (χ0) is 24.9. The van der Waals surface area contributed by atoms with Crippen LogP contribution in [-0.2, 0) is 17.8 Å². The summed E-state index contributed by atoms with van der Waals surface area (Å²) in [6, 6.07) is 16.3. The third-order valence-electron chi connectivity index (χ3n) is 8.63. The van der Waals surface area contributed by atoms with Crippen molar-refractivity contribution in [3.63, 3.8) is 0 Å². The maximum atomic E-state index is 14.4. The first kappa shape index (κ1) is 23.1. The molecule has 1 saturated carbocycles. The van der Waals surface area contributed by atoms with Crippen molar-refractivity contribution in [2.75, 3.05) is 7.11 Å². The average molecular weight is 486 g/mol. The second-order valence-corrected chi connectivity index (χ2v) is 10.9. The lowest BCUT2D eigenvalue weighted by Crippen LogP contribution is -2.65. The molecule has 1 fully saturated rings. The Labute approximate surface area is 212 Å². The summed E-state index contributed by atoms with van der Waals surface area (Å²) in [5.41, 5.74) is 3.03. The minimum Gasteiger partial charge on any atom is -0.497 e. The number of ether oxygens (including phenoxy) is 1. The van der Waals surface area contributed by atoms with Crippen molar-refractivity contribution in [1.82, 2.24) is 14.8 Å². The topological polar surface area (TPSA) is 63.6 Å². The number of benzene rings is 2. The molecule has 6 nitrogen and oxygen atoms in total. The van der Waals surface area contributed by atoms with Gasteiger partial charge in [0.15, 0.2) is 0 Å². The number of aromatic nitrogens is 1. The lowest BCUT2D eigenvalue weighted by atomic mass is 9.82. The molecular weight excluding hydrogens is 450 g/mol. The van der Waals surface area contributed by atoms with Crippen LogP contribution >= 0.6 is 0 Å². The molecule has 188 valence electrons. The van der Waals surface area contributed by atoms with Gasteiger partial charge in [0.1, 0.15) is 17.0 Å². The van der Waals surface area contributed by atoms with Gasteiger partial charge in [0.05, 0.1) is 25.2 Å². The maximum absolute atomic E-state index is 14.4. The zero-order valence-electron chi connectivity index (χ0n) is 21.3. The summed E-state index contributed by atoms with van der Waals surface area (Å²) in [5, 5.41) is 4.35. The van der Waals surface area contributed by atoms with Gasteiger partial charge in [0, 0.05) is 17.5 Å². The van der Waals surface area contributed by atoms with Crippen LogP contribution in [0.3, 0.4) is 0 Å². The lowest BCUT2D eigenvalue weighted by molar-refractivity contribution is -0.135. The monoisotopic (exact) mass is 485 g/mol. The molecule has 6 rings (SSSR count). The van der Waals surface area contributed by atoms with Crippen molar-refractivity contribution in [2.45, 2.75) is 82.5 Å². The molecule has 2 aliphatic carbocycles. The van der Waals surface area contributed by atoms with Crippen molar-refractivity contribution in [1.29, 1.82) is 0 Å². The number of hydrogen-bond donors (Lipinski definition) is 1. The van der Waals surface area contributed by atoms with Crippen molar-refractivity contribution in [3.8, 4) is 5.75 Å². The average Bonchev–Trinajstić information content (AvgIpc) is 3.27. The summed E-state index contributed by atoms with van der Waals surface area (Å²) in [6.07, 6.45) is 8.43. The quantitative estimate of drug-likeness (QED) is 0.539. The highest BCUT2D eigenvalue weighted by Crippen LogP contribution is 2.43. The summed E-state index contributed by atoms with van der Waals surface area (Å²) in [4.78, 5) is 30.4. The molecule has 0 unspecified atom stereocenters. The van der Waals surface area contributed by atoms with E-state index in [0.717, 1.165) is 61.6 Å². The second kappa shape index (κ2) is 8.99. The number of carbonyl (C=O) groups is 2. The molecule has 0 bridgehead atoms. The number of aryl methyl sites for hydroxylation is 1. The first-order valence-electron chi connectivity index (χ1n) is 13.4. The Morgan fingerprint density at radius 3 is 2.64 bits per heavy atom. The normalized spacial score (nSPS) is 24.3. The van der Waals surface area contributed by atoms with Crippen molar-refractivity contribution < 1.29 is 14.3 Å². The number of rotatable bonds is 4. The first-order valence-corrected chi connectivity index (χ1v) is 13.4. The van der Waals surface area contributed by atoms with Crippen molar-refractivity contribution in [3.05, 3.63) is 65.4 Å². The molecule has 1 aliphatic heterocycles. The van der Waals surface area contributed by atoms with E-state index >= 15 is 0 Å². The second-order valence-electron chi connectivity index (χ2n) is 10.9. The molecule has 0 spiro atoms. The van der Waals surface area contributed by atoms with Crippen LogP contribution in [0.15, 0.2) is 48.5 Å². The molecule has 2 aromatic carbocycles. The van der Waals surface area contributed by atoms with Crippen LogP contribution in [-0.4, -0.2) is 40.0 Å². The summed E-state index contributed by atoms with van der Waals surface area (Å²) in [6.45, 7) is 2.39. The van der Waals surface area contributed by atoms with Crippen LogP contribution in [0.4, 0.5) is 0 Å². The van der Waals surface area contributed by atoms with Crippen LogP contribution in [0.5, 0.6) is 5.75 Å². The van der Waals surface area contributed by atoms with Gasteiger partial charge in [-0.1, -0.05) is 43.5 Å². The fourth-order valence-corrected chi connectivity index (χ4v) is 6.69. The van der Waals surface area contributed by atoms with Gasteiger partial charge in [-0.15, -0.1) is 0 Å². The Hall–Kier alpha value is -3.28. The SMILES string of the molecule is COc1ccc2cc3n(c2c1)C[C@@](C)(C(=O)NC1CCCCC1)N([C@@H]1CCCc2ccccc21)C3=O. The standard InChI is InChI=1S/C30H35N3O3/c1-30(29(35)31-22-11-4-3-5-12-22)19-32-26-18-23(36-2)16-15-21(26)17-27(32)28(34)33(30)25-14-8-10-20-9-6-7-13-24(20)25/h6-7,9,13,15-18,22,25H,3-5,8,10-12,14,19H2,1-2H3,(H,31,35)/t25-,30+/m1/s1. The van der Waals surface area contributed by atoms with E-state index in [4.69, 9.17) is 4.74 Å². The Kier molecular flexibility index (Phi) is 5.78. The third kappa shape index (κ3) is 3.69. The predicted octanol–water partition coefficient (Wildman–Crippen LogP) is 5.39. The van der Waals surface area contributed by atoms with Gasteiger partial charge in [-0.25, -0.2) is 0 Å². The number of carbonyl (C=O) groups excluding carboxylic acids is 2. The summed E-state index contributed by atoms with van der Waals surface area (Å²) >= 11 is 0. The fraction of sp³-hybridized carbons (Fsp3) is 0.467. The smallest absolute Gasteiger partial charge is 0.271 e. The summed E-state index contributed by atoms with van der Waals surface area (Å²) < 4.78 is 7.51. The van der Waals surface area contributed by atoms with Crippen LogP contribution < -0.4 is 10.1 Å². The Bertz CT molecular complexity index is 1320. The van der Waals surface area contributed by atoms with E-state index < -0.39 is 5.54 Å². The van der Waals surface area contributed by atoms with Gasteiger partial charge in [-0.2, -0.15) is 0 Å². The fourth-order valence-electron chi connectivity index (χ4n) is 6.69. The molecule has 2 heterocycles. The molecule has 3 aromatic rings. The largest absolute Gasteiger partial charge is 0.497 e. The van der Waals surface area contributed by atoms with Gasteiger partial charge in [-0.3, -0.25) is 9.59 Å². The first-order chi connectivity index (χ1) is 17.5. The van der Waals surface area contributed by atoms with E-state index in [1.165, 1.54) is 17.5 Å². The Morgan fingerprint density at radius 1 is 1.03 bits per heavy atom. The number of methoxy groups -OCH3 is 1. The predicted molar refractivity (Wildman–Crippen MR) is 140 cm³/mol. The minimum atomic E-state index is -1.01. The molecule has 0 radical (unpaired) electrons. The highest BCUT2D eigenvalue weighted by Gasteiger charge is 2.51. The van der Waals surface area contributed by atoms with E-state index in [0.29, 0.717) is 12.2 Å². The Morgan fingerprint density at radius 2 is 1.83 bits per heavy atom. The van der Waals surface area contributed by atoms with E-state index in [2.05, 4.69) is 23.5 Å². The Balaban J connectivity index is 1.47. The number of amides is 2. The highest BCUT2D eigenvalue weighted by molar-refractivity contribution is 6.04. The minimum absolute atomic E-state index is 0.0406. The van der Waals surface area contributed by atoms with Crippen LogP contribution in [0.1, 0.15) is 79.5 Å². The molecule has 2 atom stereocenters. The van der Waals surface area contributed by atoms with Gasteiger partial charge in [0.25, 0.3) is 5.91 Å². The summed E-state index contributed by atoms with van der Waals surface area (Å²) in [5.74, 6) is 0.633. The van der Waals surface area contributed by atoms with E-state index in [1.807, 2.05) is 46.7 Å². The van der Waals surface area contributed by atoms with Crippen molar-refractivity contribution in [2.24, 2.45) is 0 Å². The molecule has 6 heteroatoms. The molecule has 1 aromatic heterocycles. The van der Waals surface area contributed by atoms with Crippen molar-refractivity contribution >= 4 is 22.7 Å². The van der Waals surface area contributed by atoms with Crippen LogP contribution in [0.25, 0.3) is 10.9 Å². The van der Waals surface area contributed by atoms with E-state index in [1.54, 1.807) is 7.11 Å². The van der Waals surface area contributed by atoms with E-state index in [-0.39, 0.29) is 23.9 Å². The zero-order valence-corrected chi connectivity index (χ0v) is 21.3. The molecule has 36 heavy (non-hydrogen) atoms. The van der Waals surface area contributed by atoms with Gasteiger partial charge >= 0.3 is 0 Å². The molecular formula is C30H35N3O3. The van der Waals surface area contributed by atoms with Crippen LogP contribution in [0.2, 0.25) is 0 Å². The maximum Gasteiger partial charge on any atom is 0.271 e. The number of fused-ring (bicyclic) bond motifs is 4. The highest BCUT2D eigenvalue weighted by atomic mass is 16.5. The van der Waals surface area contributed by atoms with Crippen LogP contribution in [0, 0.1) is 0 Å². The number of nitrogens with one attached hydrogen (secondary N) is 1. The molecule has 1 N–H and O–H groups in total. The summed E-state index contributed by atoms with van der Waals surface area (Å²) in [7, 11) is 1.65. The third-order valence-corrected chi connectivity index (χ3v) is 8.63. The van der Waals surface area contributed by atoms with Gasteiger partial charge < -0.3 is 19.5 Å². The molecule has 2 amide bonds. The van der Waals surface area contributed by atoms with Gasteiger partial charge in [0.2, 0.25) is 5.91 Å². The molecule has 0 saturated heterocycles. The number of hydrogen-bond acceptors (Lipinski definition) is 3. The van der Waals surface area contributed by atoms with E-state index in [9.17, 15) is 9.59 Å². The van der Waals surface area contributed by atoms with Gasteiger partial charge in [-0.05, 0) is 68.4 Å². The molecule has 3 aliphatic rings. The lowest BCUT2D eigenvalue weighted by Gasteiger charge is -2.49.